The van der Waals surface area contributed by atoms with Crippen LogP contribution in [0.1, 0.15) is 23.1 Å². The van der Waals surface area contributed by atoms with E-state index in [4.69, 9.17) is 0 Å². The smallest absolute Gasteiger partial charge is 0.321 e. The van der Waals surface area contributed by atoms with E-state index in [0.29, 0.717) is 13.1 Å². The molecule has 122 valence electrons. The van der Waals surface area contributed by atoms with Crippen molar-refractivity contribution in [3.63, 3.8) is 0 Å². The number of nitrogens with zero attached hydrogens (tertiary/aromatic N) is 2. The van der Waals surface area contributed by atoms with E-state index in [1.165, 1.54) is 0 Å². The Balaban J connectivity index is 1.90. The predicted octanol–water partition coefficient (Wildman–Crippen LogP) is 1.71. The highest BCUT2D eigenvalue weighted by Crippen LogP contribution is 2.28. The fraction of sp³-hybridized carbons (Fsp3) is 0.412. The van der Waals surface area contributed by atoms with Gasteiger partial charge in [-0.3, -0.25) is 14.8 Å². The number of aliphatic hydroxyl groups is 1. The largest absolute Gasteiger partial charge is 0.480 e. The SMILES string of the molecule is Cc1ccc(C)c(-c2[nH]ncc2CN2CC(O)CC2C(=O)O)c1. The Morgan fingerprint density at radius 3 is 2.96 bits per heavy atom. The highest BCUT2D eigenvalue weighted by molar-refractivity contribution is 5.74. The summed E-state index contributed by atoms with van der Waals surface area (Å²) in [5.41, 5.74) is 5.23. The Morgan fingerprint density at radius 2 is 2.22 bits per heavy atom. The molecule has 0 amide bonds. The van der Waals surface area contributed by atoms with Crippen LogP contribution in [0.25, 0.3) is 11.3 Å². The second-order valence-electron chi connectivity index (χ2n) is 6.26. The topological polar surface area (TPSA) is 89.5 Å². The van der Waals surface area contributed by atoms with Gasteiger partial charge >= 0.3 is 5.97 Å². The van der Waals surface area contributed by atoms with E-state index in [9.17, 15) is 15.0 Å². The monoisotopic (exact) mass is 315 g/mol. The van der Waals surface area contributed by atoms with Gasteiger partial charge in [-0.25, -0.2) is 0 Å². The Bertz CT molecular complexity index is 726. The molecule has 2 aromatic rings. The molecular formula is C17H21N3O3. The summed E-state index contributed by atoms with van der Waals surface area (Å²) in [5, 5.41) is 26.3. The lowest BCUT2D eigenvalue weighted by Crippen LogP contribution is -2.35. The normalized spacial score (nSPS) is 21.7. The summed E-state index contributed by atoms with van der Waals surface area (Å²) in [6.45, 7) is 4.90. The van der Waals surface area contributed by atoms with E-state index < -0.39 is 18.1 Å². The van der Waals surface area contributed by atoms with Crippen LogP contribution in [-0.2, 0) is 11.3 Å². The van der Waals surface area contributed by atoms with E-state index in [1.54, 1.807) is 11.1 Å². The summed E-state index contributed by atoms with van der Waals surface area (Å²) in [6, 6.07) is 5.58. The highest BCUT2D eigenvalue weighted by Gasteiger charge is 2.36. The first-order valence-electron chi connectivity index (χ1n) is 7.70. The maximum absolute atomic E-state index is 11.4. The molecule has 6 nitrogen and oxygen atoms in total. The minimum atomic E-state index is -0.890. The van der Waals surface area contributed by atoms with Crippen LogP contribution >= 0.6 is 0 Å². The highest BCUT2D eigenvalue weighted by atomic mass is 16.4. The molecule has 0 spiro atoms. The lowest BCUT2D eigenvalue weighted by Gasteiger charge is -2.20. The third kappa shape index (κ3) is 3.13. The first-order valence-corrected chi connectivity index (χ1v) is 7.70. The van der Waals surface area contributed by atoms with Gasteiger partial charge < -0.3 is 10.2 Å². The molecule has 2 unspecified atom stereocenters. The number of nitrogens with one attached hydrogen (secondary N) is 1. The number of H-pyrrole nitrogens is 1. The van der Waals surface area contributed by atoms with Gasteiger partial charge in [0, 0.05) is 30.6 Å². The number of carbonyl (C=O) groups is 1. The van der Waals surface area contributed by atoms with Crippen molar-refractivity contribution in [3.05, 3.63) is 41.1 Å². The molecule has 2 heterocycles. The summed E-state index contributed by atoms with van der Waals surface area (Å²) in [4.78, 5) is 13.2. The van der Waals surface area contributed by atoms with E-state index >= 15 is 0 Å². The number of aliphatic carboxylic acids is 1. The van der Waals surface area contributed by atoms with Crippen molar-refractivity contribution < 1.29 is 15.0 Å². The zero-order valence-corrected chi connectivity index (χ0v) is 13.3. The molecule has 1 aliphatic rings. The standard InChI is InChI=1S/C17H21N3O3/c1-10-3-4-11(2)14(5-10)16-12(7-18-19-16)8-20-9-13(21)6-15(20)17(22)23/h3-5,7,13,15,21H,6,8-9H2,1-2H3,(H,18,19)(H,22,23). The number of aryl methyl sites for hydroxylation is 2. The van der Waals surface area contributed by atoms with Crippen molar-refractivity contribution in [1.82, 2.24) is 15.1 Å². The van der Waals surface area contributed by atoms with Gasteiger partial charge in [0.25, 0.3) is 0 Å². The van der Waals surface area contributed by atoms with E-state index in [-0.39, 0.29) is 6.42 Å². The Kier molecular flexibility index (Phi) is 4.19. The lowest BCUT2D eigenvalue weighted by atomic mass is 10.00. The molecule has 1 fully saturated rings. The van der Waals surface area contributed by atoms with Crippen LogP contribution in [0.4, 0.5) is 0 Å². The number of aromatic nitrogens is 2. The Morgan fingerprint density at radius 1 is 1.43 bits per heavy atom. The number of benzene rings is 1. The van der Waals surface area contributed by atoms with E-state index in [2.05, 4.69) is 28.4 Å². The van der Waals surface area contributed by atoms with Gasteiger partial charge in [-0.05, 0) is 25.5 Å². The number of carboxylic acids is 1. The number of rotatable bonds is 4. The maximum atomic E-state index is 11.4. The van der Waals surface area contributed by atoms with Gasteiger partial charge in [-0.15, -0.1) is 0 Å². The quantitative estimate of drug-likeness (QED) is 0.799. The number of carboxylic acid groups (broad SMARTS) is 1. The molecule has 6 heteroatoms. The van der Waals surface area contributed by atoms with Crippen LogP contribution < -0.4 is 0 Å². The predicted molar refractivity (Wildman–Crippen MR) is 86.0 cm³/mol. The van der Waals surface area contributed by atoms with Crippen molar-refractivity contribution in [3.8, 4) is 11.3 Å². The number of likely N-dealkylation sites (tertiary alicyclic amines) is 1. The second-order valence-corrected chi connectivity index (χ2v) is 6.26. The minimum Gasteiger partial charge on any atom is -0.480 e. The average molecular weight is 315 g/mol. The Labute approximate surface area is 134 Å². The fourth-order valence-electron chi connectivity index (χ4n) is 3.20. The van der Waals surface area contributed by atoms with Crippen molar-refractivity contribution in [2.75, 3.05) is 6.54 Å². The van der Waals surface area contributed by atoms with Gasteiger partial charge in [0.1, 0.15) is 6.04 Å². The molecular weight excluding hydrogens is 294 g/mol. The van der Waals surface area contributed by atoms with E-state index in [0.717, 1.165) is 27.9 Å². The second kappa shape index (κ2) is 6.14. The molecule has 1 aliphatic heterocycles. The molecule has 1 aromatic carbocycles. The first-order chi connectivity index (χ1) is 11.0. The van der Waals surface area contributed by atoms with Crippen molar-refractivity contribution in [2.45, 2.75) is 39.0 Å². The maximum Gasteiger partial charge on any atom is 0.321 e. The Hall–Kier alpha value is -2.18. The van der Waals surface area contributed by atoms with Gasteiger partial charge in [0.05, 0.1) is 18.0 Å². The van der Waals surface area contributed by atoms with Crippen molar-refractivity contribution in [2.24, 2.45) is 0 Å². The third-order valence-electron chi connectivity index (χ3n) is 4.42. The lowest BCUT2D eigenvalue weighted by molar-refractivity contribution is -0.142. The minimum absolute atomic E-state index is 0.270. The molecule has 0 saturated carbocycles. The van der Waals surface area contributed by atoms with Crippen LogP contribution in [0.3, 0.4) is 0 Å². The zero-order chi connectivity index (χ0) is 16.6. The molecule has 1 saturated heterocycles. The van der Waals surface area contributed by atoms with Gasteiger partial charge in [-0.1, -0.05) is 17.7 Å². The summed E-state index contributed by atoms with van der Waals surface area (Å²) < 4.78 is 0. The van der Waals surface area contributed by atoms with Crippen molar-refractivity contribution >= 4 is 5.97 Å². The molecule has 3 rings (SSSR count). The molecule has 1 aromatic heterocycles. The average Bonchev–Trinajstić information content (AvgIpc) is 3.09. The molecule has 3 N–H and O–H groups in total. The molecule has 2 atom stereocenters. The summed E-state index contributed by atoms with van der Waals surface area (Å²) in [7, 11) is 0. The number of β-amino-alcohol motifs (C(OH)–C–C–N with tert-alkyl or cyclic N) is 1. The summed E-state index contributed by atoms with van der Waals surface area (Å²) >= 11 is 0. The summed E-state index contributed by atoms with van der Waals surface area (Å²) in [5.74, 6) is -0.890. The summed E-state index contributed by atoms with van der Waals surface area (Å²) in [6.07, 6.45) is 1.42. The molecule has 0 radical (unpaired) electrons. The zero-order valence-electron chi connectivity index (χ0n) is 13.3. The molecule has 23 heavy (non-hydrogen) atoms. The van der Waals surface area contributed by atoms with E-state index in [1.807, 2.05) is 13.8 Å². The van der Waals surface area contributed by atoms with Gasteiger partial charge in [0.2, 0.25) is 0 Å². The van der Waals surface area contributed by atoms with Gasteiger partial charge in [-0.2, -0.15) is 5.10 Å². The number of hydrogen-bond acceptors (Lipinski definition) is 4. The number of hydrogen-bond donors (Lipinski definition) is 3. The number of aliphatic hydroxyl groups excluding tert-OH is 1. The fourth-order valence-corrected chi connectivity index (χ4v) is 3.20. The van der Waals surface area contributed by atoms with Crippen LogP contribution in [0.5, 0.6) is 0 Å². The first kappa shape index (κ1) is 15.7. The van der Waals surface area contributed by atoms with Crippen LogP contribution in [-0.4, -0.2) is 50.0 Å². The van der Waals surface area contributed by atoms with Crippen LogP contribution in [0.2, 0.25) is 0 Å². The molecule has 0 bridgehead atoms. The number of aromatic amines is 1. The molecule has 0 aliphatic carbocycles. The van der Waals surface area contributed by atoms with Crippen molar-refractivity contribution in [1.29, 1.82) is 0 Å². The van der Waals surface area contributed by atoms with Crippen LogP contribution in [0.15, 0.2) is 24.4 Å². The van der Waals surface area contributed by atoms with Crippen LogP contribution in [0, 0.1) is 13.8 Å². The third-order valence-corrected chi connectivity index (χ3v) is 4.42. The van der Waals surface area contributed by atoms with Gasteiger partial charge in [0.15, 0.2) is 0 Å².